The summed E-state index contributed by atoms with van der Waals surface area (Å²) in [6.45, 7) is 0. The summed E-state index contributed by atoms with van der Waals surface area (Å²) in [5.41, 5.74) is 1.77. The number of carbonyl (C=O) groups excluding carboxylic acids is 2. The monoisotopic (exact) mass is 310 g/mol. The maximum atomic E-state index is 12.5. The Labute approximate surface area is 134 Å². The number of hydrogen-bond donors (Lipinski definition) is 1. The molecule has 1 aliphatic rings. The lowest BCUT2D eigenvalue weighted by Gasteiger charge is -2.16. The van der Waals surface area contributed by atoms with Gasteiger partial charge < -0.3 is 10.1 Å². The van der Waals surface area contributed by atoms with E-state index >= 15 is 0 Å². The molecule has 0 saturated heterocycles. The lowest BCUT2D eigenvalue weighted by Crippen LogP contribution is -2.35. The fourth-order valence-corrected chi connectivity index (χ4v) is 2.75. The minimum Gasteiger partial charge on any atom is -0.467 e. The van der Waals surface area contributed by atoms with Crippen LogP contribution in [0, 0.1) is 5.92 Å². The normalized spacial score (nSPS) is 20.4. The molecule has 5 nitrogen and oxygen atoms in total. The highest BCUT2D eigenvalue weighted by molar-refractivity contribution is 5.88. The topological polar surface area (TPSA) is 68.3 Å². The van der Waals surface area contributed by atoms with Gasteiger partial charge in [-0.3, -0.25) is 9.78 Å². The third kappa shape index (κ3) is 3.39. The second kappa shape index (κ2) is 6.60. The van der Waals surface area contributed by atoms with E-state index in [0.717, 1.165) is 12.0 Å². The molecule has 0 bridgehead atoms. The van der Waals surface area contributed by atoms with Crippen molar-refractivity contribution in [1.82, 2.24) is 10.3 Å². The van der Waals surface area contributed by atoms with Gasteiger partial charge >= 0.3 is 5.97 Å². The Morgan fingerprint density at radius 1 is 1.22 bits per heavy atom. The number of carbonyl (C=O) groups is 2. The number of nitrogens with zero attached hydrogens (tertiary/aromatic N) is 1. The highest BCUT2D eigenvalue weighted by atomic mass is 16.5. The Kier molecular flexibility index (Phi) is 4.37. The van der Waals surface area contributed by atoms with Crippen LogP contribution < -0.4 is 5.32 Å². The summed E-state index contributed by atoms with van der Waals surface area (Å²) in [4.78, 5) is 28.4. The van der Waals surface area contributed by atoms with E-state index in [4.69, 9.17) is 4.74 Å². The van der Waals surface area contributed by atoms with Gasteiger partial charge in [-0.05, 0) is 24.0 Å². The summed E-state index contributed by atoms with van der Waals surface area (Å²) >= 11 is 0. The van der Waals surface area contributed by atoms with Gasteiger partial charge in [0.1, 0.15) is 0 Å². The molecule has 1 aromatic heterocycles. The molecule has 0 radical (unpaired) electrons. The lowest BCUT2D eigenvalue weighted by molar-refractivity contribution is -0.145. The average molecular weight is 310 g/mol. The predicted octanol–water partition coefficient (Wildman–Crippen LogP) is 2.22. The SMILES string of the molecule is COC(=O)[C@H](NC(=O)[C@@H]1C[C@@H]1c1ccccc1)c1cccnc1. The van der Waals surface area contributed by atoms with Crippen molar-refractivity contribution in [3.63, 3.8) is 0 Å². The van der Waals surface area contributed by atoms with Gasteiger partial charge in [-0.2, -0.15) is 0 Å². The number of ether oxygens (including phenoxy) is 1. The number of nitrogens with one attached hydrogen (secondary N) is 1. The van der Waals surface area contributed by atoms with E-state index in [9.17, 15) is 9.59 Å². The fraction of sp³-hybridized carbons (Fsp3) is 0.278. The number of aromatic nitrogens is 1. The molecule has 1 saturated carbocycles. The average Bonchev–Trinajstić information content (AvgIpc) is 3.41. The van der Waals surface area contributed by atoms with E-state index in [-0.39, 0.29) is 17.7 Å². The standard InChI is InChI=1S/C18H18N2O3/c1-23-18(22)16(13-8-5-9-19-11-13)20-17(21)15-10-14(15)12-6-3-2-4-7-12/h2-9,11,14-16H,10H2,1H3,(H,20,21)/t14-,15-,16-/m1/s1. The van der Waals surface area contributed by atoms with Crippen molar-refractivity contribution in [1.29, 1.82) is 0 Å². The van der Waals surface area contributed by atoms with Crippen LogP contribution in [0.2, 0.25) is 0 Å². The number of pyridine rings is 1. The number of rotatable bonds is 5. The van der Waals surface area contributed by atoms with Gasteiger partial charge in [0.05, 0.1) is 7.11 Å². The van der Waals surface area contributed by atoms with Crippen LogP contribution in [0.5, 0.6) is 0 Å². The van der Waals surface area contributed by atoms with Crippen LogP contribution in [0.25, 0.3) is 0 Å². The van der Waals surface area contributed by atoms with E-state index in [0.29, 0.717) is 5.56 Å². The molecule has 0 unspecified atom stereocenters. The number of amides is 1. The number of hydrogen-bond acceptors (Lipinski definition) is 4. The van der Waals surface area contributed by atoms with Crippen molar-refractivity contribution in [2.24, 2.45) is 5.92 Å². The summed E-state index contributed by atoms with van der Waals surface area (Å²) in [6.07, 6.45) is 3.98. The van der Waals surface area contributed by atoms with Crippen LogP contribution in [0.1, 0.15) is 29.5 Å². The van der Waals surface area contributed by atoms with Gasteiger partial charge in [-0.25, -0.2) is 4.79 Å². The van der Waals surface area contributed by atoms with E-state index in [1.54, 1.807) is 24.5 Å². The van der Waals surface area contributed by atoms with Crippen molar-refractivity contribution in [3.05, 3.63) is 66.0 Å². The summed E-state index contributed by atoms with van der Waals surface area (Å²) in [5, 5.41) is 2.79. The highest BCUT2D eigenvalue weighted by Gasteiger charge is 2.45. The van der Waals surface area contributed by atoms with Crippen molar-refractivity contribution < 1.29 is 14.3 Å². The van der Waals surface area contributed by atoms with Crippen LogP contribution in [-0.4, -0.2) is 24.0 Å². The molecule has 1 aromatic carbocycles. The summed E-state index contributed by atoms with van der Waals surface area (Å²) in [5.74, 6) is -0.494. The van der Waals surface area contributed by atoms with E-state index in [1.165, 1.54) is 7.11 Å². The first-order chi connectivity index (χ1) is 11.2. The van der Waals surface area contributed by atoms with Crippen LogP contribution in [0.15, 0.2) is 54.9 Å². The van der Waals surface area contributed by atoms with Crippen molar-refractivity contribution in [2.45, 2.75) is 18.4 Å². The Morgan fingerprint density at radius 2 is 2.00 bits per heavy atom. The largest absolute Gasteiger partial charge is 0.467 e. The molecule has 23 heavy (non-hydrogen) atoms. The molecule has 1 amide bonds. The molecule has 3 rings (SSSR count). The minimum atomic E-state index is -0.821. The molecule has 1 aliphatic carbocycles. The van der Waals surface area contributed by atoms with Crippen molar-refractivity contribution >= 4 is 11.9 Å². The van der Waals surface area contributed by atoms with Gasteiger partial charge in [0.15, 0.2) is 6.04 Å². The van der Waals surface area contributed by atoms with Gasteiger partial charge in [-0.15, -0.1) is 0 Å². The number of benzene rings is 1. The van der Waals surface area contributed by atoms with Gasteiger partial charge in [0.25, 0.3) is 0 Å². The molecule has 118 valence electrons. The Bertz CT molecular complexity index is 688. The molecule has 2 aromatic rings. The minimum absolute atomic E-state index is 0.0961. The van der Waals surface area contributed by atoms with Crippen LogP contribution in [-0.2, 0) is 14.3 Å². The fourth-order valence-electron chi connectivity index (χ4n) is 2.75. The summed E-state index contributed by atoms with van der Waals surface area (Å²) in [6, 6.07) is 12.6. The number of methoxy groups -OCH3 is 1. The van der Waals surface area contributed by atoms with Crippen molar-refractivity contribution in [2.75, 3.05) is 7.11 Å². The van der Waals surface area contributed by atoms with E-state index in [2.05, 4.69) is 10.3 Å². The molecular formula is C18H18N2O3. The lowest BCUT2D eigenvalue weighted by atomic mass is 10.1. The van der Waals surface area contributed by atoms with Crippen LogP contribution in [0.4, 0.5) is 0 Å². The molecule has 1 heterocycles. The van der Waals surface area contributed by atoms with Crippen LogP contribution >= 0.6 is 0 Å². The van der Waals surface area contributed by atoms with Crippen molar-refractivity contribution in [3.8, 4) is 0 Å². The first-order valence-electron chi connectivity index (χ1n) is 7.53. The van der Waals surface area contributed by atoms with Gasteiger partial charge in [0.2, 0.25) is 5.91 Å². The molecule has 1 N–H and O–H groups in total. The molecule has 5 heteroatoms. The molecule has 0 aliphatic heterocycles. The maximum Gasteiger partial charge on any atom is 0.333 e. The molecular weight excluding hydrogens is 292 g/mol. The Balaban J connectivity index is 1.69. The zero-order valence-corrected chi connectivity index (χ0v) is 12.8. The third-order valence-electron chi connectivity index (χ3n) is 4.10. The first kappa shape index (κ1) is 15.2. The maximum absolute atomic E-state index is 12.5. The highest BCUT2D eigenvalue weighted by Crippen LogP contribution is 2.47. The third-order valence-corrected chi connectivity index (χ3v) is 4.10. The van der Waals surface area contributed by atoms with Gasteiger partial charge in [-0.1, -0.05) is 36.4 Å². The Morgan fingerprint density at radius 3 is 2.65 bits per heavy atom. The zero-order valence-electron chi connectivity index (χ0n) is 12.8. The first-order valence-corrected chi connectivity index (χ1v) is 7.53. The van der Waals surface area contributed by atoms with Crippen LogP contribution in [0.3, 0.4) is 0 Å². The second-order valence-electron chi connectivity index (χ2n) is 5.61. The molecule has 3 atom stereocenters. The zero-order chi connectivity index (χ0) is 16.2. The Hall–Kier alpha value is -2.69. The quantitative estimate of drug-likeness (QED) is 0.860. The summed E-state index contributed by atoms with van der Waals surface area (Å²) < 4.78 is 4.80. The van der Waals surface area contributed by atoms with E-state index in [1.807, 2.05) is 30.3 Å². The smallest absolute Gasteiger partial charge is 0.333 e. The van der Waals surface area contributed by atoms with E-state index < -0.39 is 12.0 Å². The molecule has 1 fully saturated rings. The predicted molar refractivity (Wildman–Crippen MR) is 84.4 cm³/mol. The summed E-state index contributed by atoms with van der Waals surface area (Å²) in [7, 11) is 1.31. The number of esters is 1. The van der Waals surface area contributed by atoms with Gasteiger partial charge in [0, 0.05) is 23.9 Å². The molecule has 0 spiro atoms. The second-order valence-corrected chi connectivity index (χ2v) is 5.61.